The normalized spacial score (nSPS) is 12.2. The molecule has 0 heterocycles. The molecule has 0 aliphatic carbocycles. The maximum atomic E-state index is 6.02. The smallest absolute Gasteiger partial charge is 0.118 e. The number of benzene rings is 2. The summed E-state index contributed by atoms with van der Waals surface area (Å²) >= 11 is 11.9. The fourth-order valence-corrected chi connectivity index (χ4v) is 2.45. The molecule has 0 aliphatic rings. The molecule has 0 aromatic heterocycles. The molecule has 1 atom stereocenters. The number of hydrogen-bond acceptors (Lipinski definition) is 2. The van der Waals surface area contributed by atoms with Gasteiger partial charge in [-0.3, -0.25) is 0 Å². The molecule has 0 saturated heterocycles. The van der Waals surface area contributed by atoms with Crippen LogP contribution in [0.25, 0.3) is 0 Å². The maximum Gasteiger partial charge on any atom is 0.118 e. The Bertz CT molecular complexity index is 584. The molecule has 0 radical (unpaired) electrons. The number of halogens is 2. The molecule has 1 N–H and O–H groups in total. The molecule has 2 aromatic carbocycles. The second-order valence-corrected chi connectivity index (χ2v) is 5.90. The molecule has 0 aliphatic heterocycles. The molecule has 0 saturated carbocycles. The van der Waals surface area contributed by atoms with Crippen molar-refractivity contribution in [2.75, 3.05) is 7.11 Å². The minimum atomic E-state index is 0.368. The van der Waals surface area contributed by atoms with Gasteiger partial charge in [0.25, 0.3) is 0 Å². The summed E-state index contributed by atoms with van der Waals surface area (Å²) in [4.78, 5) is 0. The van der Waals surface area contributed by atoms with Crippen molar-refractivity contribution in [1.29, 1.82) is 0 Å². The summed E-state index contributed by atoms with van der Waals surface area (Å²) in [6.45, 7) is 2.94. The lowest BCUT2D eigenvalue weighted by Crippen LogP contribution is -2.27. The lowest BCUT2D eigenvalue weighted by atomic mass is 10.1. The Morgan fingerprint density at radius 3 is 2.29 bits per heavy atom. The third kappa shape index (κ3) is 4.92. The molecule has 0 spiro atoms. The first-order valence-electron chi connectivity index (χ1n) is 6.88. The van der Waals surface area contributed by atoms with Crippen LogP contribution in [-0.2, 0) is 13.0 Å². The van der Waals surface area contributed by atoms with E-state index < -0.39 is 0 Å². The van der Waals surface area contributed by atoms with Gasteiger partial charge in [-0.1, -0.05) is 41.4 Å². The standard InChI is InChI=1S/C17H19Cl2NO/c1-12(9-13-3-6-15(21-2)7-4-13)20-11-14-5-8-16(18)17(19)10-14/h3-8,10,12,20H,9,11H2,1-2H3. The van der Waals surface area contributed by atoms with Gasteiger partial charge in [0.15, 0.2) is 0 Å². The largest absolute Gasteiger partial charge is 0.497 e. The summed E-state index contributed by atoms with van der Waals surface area (Å²) < 4.78 is 5.16. The van der Waals surface area contributed by atoms with Crippen molar-refractivity contribution >= 4 is 23.2 Å². The summed E-state index contributed by atoms with van der Waals surface area (Å²) in [6, 6.07) is 14.2. The Labute approximate surface area is 136 Å². The van der Waals surface area contributed by atoms with Gasteiger partial charge in [-0.05, 0) is 48.7 Å². The van der Waals surface area contributed by atoms with Crippen molar-refractivity contribution in [3.05, 3.63) is 63.6 Å². The van der Waals surface area contributed by atoms with Gasteiger partial charge in [-0.15, -0.1) is 0 Å². The van der Waals surface area contributed by atoms with E-state index in [0.717, 1.165) is 24.3 Å². The number of nitrogens with one attached hydrogen (secondary N) is 1. The molecule has 112 valence electrons. The van der Waals surface area contributed by atoms with Crippen molar-refractivity contribution in [1.82, 2.24) is 5.32 Å². The van der Waals surface area contributed by atoms with E-state index in [1.807, 2.05) is 30.3 Å². The highest BCUT2D eigenvalue weighted by atomic mass is 35.5. The van der Waals surface area contributed by atoms with E-state index in [1.165, 1.54) is 5.56 Å². The van der Waals surface area contributed by atoms with Crippen molar-refractivity contribution in [3.63, 3.8) is 0 Å². The highest BCUT2D eigenvalue weighted by Crippen LogP contribution is 2.22. The topological polar surface area (TPSA) is 21.3 Å². The van der Waals surface area contributed by atoms with Crippen molar-refractivity contribution in [3.8, 4) is 5.75 Å². The van der Waals surface area contributed by atoms with Gasteiger partial charge < -0.3 is 10.1 Å². The van der Waals surface area contributed by atoms with Crippen LogP contribution in [0.1, 0.15) is 18.1 Å². The average Bonchev–Trinajstić information content (AvgIpc) is 2.49. The molecule has 0 bridgehead atoms. The minimum absolute atomic E-state index is 0.368. The van der Waals surface area contributed by atoms with E-state index in [9.17, 15) is 0 Å². The Balaban J connectivity index is 1.86. The van der Waals surface area contributed by atoms with Crippen LogP contribution in [0, 0.1) is 0 Å². The first-order chi connectivity index (χ1) is 10.1. The third-order valence-electron chi connectivity index (χ3n) is 3.34. The predicted octanol–water partition coefficient (Wildman–Crippen LogP) is 4.72. The van der Waals surface area contributed by atoms with Gasteiger partial charge in [0.2, 0.25) is 0 Å². The van der Waals surface area contributed by atoms with E-state index >= 15 is 0 Å². The lowest BCUT2D eigenvalue weighted by molar-refractivity contribution is 0.414. The molecular formula is C17H19Cl2NO. The van der Waals surface area contributed by atoms with Crippen LogP contribution >= 0.6 is 23.2 Å². The monoisotopic (exact) mass is 323 g/mol. The van der Waals surface area contributed by atoms with Gasteiger partial charge in [0.05, 0.1) is 17.2 Å². The molecule has 21 heavy (non-hydrogen) atoms. The third-order valence-corrected chi connectivity index (χ3v) is 4.08. The fourth-order valence-electron chi connectivity index (χ4n) is 2.13. The van der Waals surface area contributed by atoms with Crippen LogP contribution in [0.3, 0.4) is 0 Å². The fraction of sp³-hybridized carbons (Fsp3) is 0.294. The second kappa shape index (κ2) is 7.69. The molecule has 1 unspecified atom stereocenters. The van der Waals surface area contributed by atoms with E-state index in [2.05, 4.69) is 24.4 Å². The summed E-state index contributed by atoms with van der Waals surface area (Å²) in [5.41, 5.74) is 2.41. The van der Waals surface area contributed by atoms with Crippen LogP contribution in [-0.4, -0.2) is 13.2 Å². The Morgan fingerprint density at radius 2 is 1.67 bits per heavy atom. The quantitative estimate of drug-likeness (QED) is 0.830. The molecular weight excluding hydrogens is 305 g/mol. The van der Waals surface area contributed by atoms with Crippen molar-refractivity contribution < 1.29 is 4.74 Å². The zero-order valence-corrected chi connectivity index (χ0v) is 13.7. The van der Waals surface area contributed by atoms with Crippen molar-refractivity contribution in [2.45, 2.75) is 25.9 Å². The molecule has 4 heteroatoms. The van der Waals surface area contributed by atoms with Crippen LogP contribution in [0.15, 0.2) is 42.5 Å². The summed E-state index contributed by atoms with van der Waals surface area (Å²) in [5, 5.41) is 4.68. The van der Waals surface area contributed by atoms with E-state index in [4.69, 9.17) is 27.9 Å². The first-order valence-corrected chi connectivity index (χ1v) is 7.64. The van der Waals surface area contributed by atoms with Gasteiger partial charge in [-0.25, -0.2) is 0 Å². The molecule has 0 fully saturated rings. The van der Waals surface area contributed by atoms with E-state index in [-0.39, 0.29) is 0 Å². The molecule has 0 amide bonds. The van der Waals surface area contributed by atoms with Crippen LogP contribution in [0.4, 0.5) is 0 Å². The van der Waals surface area contributed by atoms with Crippen LogP contribution < -0.4 is 10.1 Å². The summed E-state index contributed by atoms with van der Waals surface area (Å²) in [5.74, 6) is 0.884. The van der Waals surface area contributed by atoms with Gasteiger partial charge in [-0.2, -0.15) is 0 Å². The van der Waals surface area contributed by atoms with E-state index in [1.54, 1.807) is 7.11 Å². The highest BCUT2D eigenvalue weighted by Gasteiger charge is 2.05. The average molecular weight is 324 g/mol. The van der Waals surface area contributed by atoms with Gasteiger partial charge in [0, 0.05) is 12.6 Å². The SMILES string of the molecule is COc1ccc(CC(C)NCc2ccc(Cl)c(Cl)c2)cc1. The Morgan fingerprint density at radius 1 is 1.00 bits per heavy atom. The number of ether oxygens (including phenoxy) is 1. The molecule has 2 nitrogen and oxygen atoms in total. The Hall–Kier alpha value is -1.22. The number of hydrogen-bond donors (Lipinski definition) is 1. The van der Waals surface area contributed by atoms with Crippen molar-refractivity contribution in [2.24, 2.45) is 0 Å². The molecule has 2 rings (SSSR count). The highest BCUT2D eigenvalue weighted by molar-refractivity contribution is 6.42. The zero-order chi connectivity index (χ0) is 15.2. The van der Waals surface area contributed by atoms with Gasteiger partial charge in [0.1, 0.15) is 5.75 Å². The van der Waals surface area contributed by atoms with E-state index in [0.29, 0.717) is 16.1 Å². The molecule has 2 aromatic rings. The lowest BCUT2D eigenvalue weighted by Gasteiger charge is -2.14. The zero-order valence-electron chi connectivity index (χ0n) is 12.2. The predicted molar refractivity (Wildman–Crippen MR) is 89.5 cm³/mol. The minimum Gasteiger partial charge on any atom is -0.497 e. The Kier molecular flexibility index (Phi) is 5.92. The van der Waals surface area contributed by atoms with Crippen LogP contribution in [0.2, 0.25) is 10.0 Å². The van der Waals surface area contributed by atoms with Gasteiger partial charge >= 0.3 is 0 Å². The maximum absolute atomic E-state index is 6.02. The first kappa shape index (κ1) is 16.2. The summed E-state index contributed by atoms with van der Waals surface area (Å²) in [7, 11) is 1.68. The summed E-state index contributed by atoms with van der Waals surface area (Å²) in [6.07, 6.45) is 0.964. The number of methoxy groups -OCH3 is 1. The second-order valence-electron chi connectivity index (χ2n) is 5.08. The number of rotatable bonds is 6. The van der Waals surface area contributed by atoms with Crippen LogP contribution in [0.5, 0.6) is 5.75 Å².